The summed E-state index contributed by atoms with van der Waals surface area (Å²) in [7, 11) is -4.08. The van der Waals surface area contributed by atoms with Gasteiger partial charge in [-0.05, 0) is 39.7 Å². The number of benzene rings is 1. The zero-order chi connectivity index (χ0) is 18.8. The number of phenols is 1. The molecule has 24 heavy (non-hydrogen) atoms. The second-order valence-corrected chi connectivity index (χ2v) is 9.79. The third kappa shape index (κ3) is 6.54. The second kappa shape index (κ2) is 7.54. The van der Waals surface area contributed by atoms with Crippen LogP contribution in [0.15, 0.2) is 12.1 Å². The first-order valence-electron chi connectivity index (χ1n) is 7.87. The fourth-order valence-electron chi connectivity index (χ4n) is 2.25. The highest BCUT2D eigenvalue weighted by Crippen LogP contribution is 2.40. The van der Waals surface area contributed by atoms with Gasteiger partial charge in [0.2, 0.25) is 0 Å². The molecule has 3 N–H and O–H groups in total. The molecule has 0 aliphatic carbocycles. The summed E-state index contributed by atoms with van der Waals surface area (Å²) < 4.78 is 10.7. The van der Waals surface area contributed by atoms with Gasteiger partial charge in [-0.1, -0.05) is 41.5 Å². The molecule has 0 atom stereocenters. The molecule has 0 aromatic heterocycles. The van der Waals surface area contributed by atoms with Crippen LogP contribution in [0.5, 0.6) is 5.75 Å². The molecule has 1 aromatic rings. The summed E-state index contributed by atoms with van der Waals surface area (Å²) in [5.41, 5.74) is 2.01. The molecule has 0 aliphatic heterocycles. The van der Waals surface area contributed by atoms with E-state index in [1.165, 1.54) is 0 Å². The molecular formula is C17H29O6P. The Morgan fingerprint density at radius 1 is 0.958 bits per heavy atom. The van der Waals surface area contributed by atoms with Crippen molar-refractivity contribution in [1.82, 2.24) is 0 Å². The van der Waals surface area contributed by atoms with Gasteiger partial charge in [0.15, 0.2) is 0 Å². The Morgan fingerprint density at radius 2 is 1.42 bits per heavy atom. The first-order valence-corrected chi connectivity index (χ1v) is 9.67. The summed E-state index contributed by atoms with van der Waals surface area (Å²) >= 11 is 0. The van der Waals surface area contributed by atoms with Gasteiger partial charge in [0.05, 0.1) is 12.8 Å². The largest absolute Gasteiger partial charge is 0.507 e. The molecule has 0 heterocycles. The maximum Gasteiger partial charge on any atom is 0.328 e. The van der Waals surface area contributed by atoms with Crippen LogP contribution in [-0.2, 0) is 31.8 Å². The molecule has 0 spiro atoms. The van der Waals surface area contributed by atoms with Crippen molar-refractivity contribution in [1.29, 1.82) is 0 Å². The molecule has 6 nitrogen and oxygen atoms in total. The fourth-order valence-corrected chi connectivity index (χ4v) is 2.56. The van der Waals surface area contributed by atoms with Gasteiger partial charge in [0.1, 0.15) is 12.4 Å². The van der Waals surface area contributed by atoms with Gasteiger partial charge in [-0.3, -0.25) is 4.57 Å². The van der Waals surface area contributed by atoms with Crippen LogP contribution in [0.25, 0.3) is 0 Å². The number of hydrogen-bond acceptors (Lipinski definition) is 4. The zero-order valence-corrected chi connectivity index (χ0v) is 16.2. The Kier molecular flexibility index (Phi) is 6.64. The van der Waals surface area contributed by atoms with Crippen molar-refractivity contribution < 1.29 is 29.2 Å². The Balaban J connectivity index is 2.93. The highest BCUT2D eigenvalue weighted by molar-refractivity contribution is 7.51. The van der Waals surface area contributed by atoms with Crippen molar-refractivity contribution >= 4 is 7.60 Å². The maximum atomic E-state index is 10.7. The lowest BCUT2D eigenvalue weighted by Crippen LogP contribution is -2.18. The third-order valence-corrected chi connectivity index (χ3v) is 4.33. The molecule has 0 radical (unpaired) electrons. The summed E-state index contributed by atoms with van der Waals surface area (Å²) in [6.45, 7) is 12.1. The average molecular weight is 360 g/mol. The predicted octanol–water partition coefficient (Wildman–Crippen LogP) is 3.61. The summed E-state index contributed by atoms with van der Waals surface area (Å²) in [4.78, 5) is 27.4. The zero-order valence-electron chi connectivity index (χ0n) is 15.3. The van der Waals surface area contributed by atoms with Gasteiger partial charge < -0.3 is 14.9 Å². The minimum atomic E-state index is -4.08. The minimum absolute atomic E-state index is 0.133. The second-order valence-electron chi connectivity index (χ2n) is 8.01. The molecule has 7 heteroatoms. The number of phenolic OH excluding ortho intramolecular Hbond substituents is 1. The molecule has 0 bridgehead atoms. The van der Waals surface area contributed by atoms with Crippen LogP contribution in [0.2, 0.25) is 0 Å². The van der Waals surface area contributed by atoms with E-state index in [9.17, 15) is 9.67 Å². The Bertz CT molecular complexity index is 571. The van der Waals surface area contributed by atoms with E-state index in [2.05, 4.69) is 0 Å². The van der Waals surface area contributed by atoms with Crippen LogP contribution in [0.4, 0.5) is 0 Å². The van der Waals surface area contributed by atoms with Gasteiger partial charge in [0.25, 0.3) is 0 Å². The fraction of sp³-hybridized carbons (Fsp3) is 0.647. The molecule has 0 unspecified atom stereocenters. The van der Waals surface area contributed by atoms with Gasteiger partial charge in [-0.15, -0.1) is 0 Å². The molecule has 0 fully saturated rings. The molecule has 0 aliphatic rings. The summed E-state index contributed by atoms with van der Waals surface area (Å²) in [6, 6.07) is 3.74. The van der Waals surface area contributed by atoms with E-state index in [0.717, 1.165) is 16.7 Å². The SMILES string of the molecule is CC(C)(C)c1cc(COOCCP(=O)(O)O)cc(C(C)(C)C)c1O. The maximum absolute atomic E-state index is 10.7. The van der Waals surface area contributed by atoms with Crippen molar-refractivity contribution in [3.8, 4) is 5.75 Å². The summed E-state index contributed by atoms with van der Waals surface area (Å²) in [5.74, 6) is 0.293. The topological polar surface area (TPSA) is 96.2 Å². The van der Waals surface area contributed by atoms with Gasteiger partial charge in [-0.25, -0.2) is 9.78 Å². The van der Waals surface area contributed by atoms with Gasteiger partial charge >= 0.3 is 7.60 Å². The number of rotatable bonds is 6. The quantitative estimate of drug-likeness (QED) is 0.310. The van der Waals surface area contributed by atoms with E-state index in [4.69, 9.17) is 19.6 Å². The minimum Gasteiger partial charge on any atom is -0.507 e. The molecule has 1 rings (SSSR count). The van der Waals surface area contributed by atoms with Crippen LogP contribution in [0.1, 0.15) is 58.2 Å². The summed E-state index contributed by atoms with van der Waals surface area (Å²) in [5, 5.41) is 10.6. The van der Waals surface area contributed by atoms with E-state index in [1.54, 1.807) is 0 Å². The Morgan fingerprint density at radius 3 is 1.79 bits per heavy atom. The van der Waals surface area contributed by atoms with Crippen LogP contribution >= 0.6 is 7.60 Å². The van der Waals surface area contributed by atoms with Gasteiger partial charge in [0, 0.05) is 0 Å². The molecule has 0 saturated heterocycles. The first kappa shape index (κ1) is 21.1. The average Bonchev–Trinajstić information content (AvgIpc) is 2.35. The predicted molar refractivity (Wildman–Crippen MR) is 93.2 cm³/mol. The summed E-state index contributed by atoms with van der Waals surface area (Å²) in [6.07, 6.45) is -0.386. The highest BCUT2D eigenvalue weighted by Gasteiger charge is 2.26. The van der Waals surface area contributed by atoms with Crippen molar-refractivity contribution in [2.24, 2.45) is 0 Å². The first-order chi connectivity index (χ1) is 10.7. The van der Waals surface area contributed by atoms with Crippen LogP contribution in [-0.4, -0.2) is 27.7 Å². The van der Waals surface area contributed by atoms with Crippen molar-refractivity contribution in [3.63, 3.8) is 0 Å². The Labute approximate surface area is 143 Å². The van der Waals surface area contributed by atoms with Crippen LogP contribution in [0.3, 0.4) is 0 Å². The molecule has 0 saturated carbocycles. The Hall–Kier alpha value is -0.910. The van der Waals surface area contributed by atoms with E-state index < -0.39 is 7.60 Å². The lowest BCUT2D eigenvalue weighted by Gasteiger charge is -2.28. The normalized spacial score (nSPS) is 13.3. The van der Waals surface area contributed by atoms with E-state index in [0.29, 0.717) is 5.75 Å². The third-order valence-electron chi connectivity index (χ3n) is 3.56. The van der Waals surface area contributed by atoms with Crippen molar-refractivity contribution in [2.45, 2.75) is 59.0 Å². The molecule has 1 aromatic carbocycles. The van der Waals surface area contributed by atoms with Crippen LogP contribution in [0, 0.1) is 0 Å². The number of hydrogen-bond donors (Lipinski definition) is 3. The van der Waals surface area contributed by atoms with Gasteiger partial charge in [-0.2, -0.15) is 0 Å². The van der Waals surface area contributed by atoms with E-state index in [-0.39, 0.29) is 30.2 Å². The standard InChI is InChI=1S/C17H29O6P/c1-16(2,3)13-9-12(10-14(15(13)18)17(4,5)6)11-23-22-7-8-24(19,20)21/h9-10,18H,7-8,11H2,1-6H3,(H2,19,20,21). The smallest absolute Gasteiger partial charge is 0.328 e. The van der Waals surface area contributed by atoms with E-state index in [1.807, 2.05) is 53.7 Å². The molecule has 0 amide bonds. The molecular weight excluding hydrogens is 331 g/mol. The van der Waals surface area contributed by atoms with Crippen molar-refractivity contribution in [3.05, 3.63) is 28.8 Å². The van der Waals surface area contributed by atoms with E-state index >= 15 is 0 Å². The monoisotopic (exact) mass is 360 g/mol. The lowest BCUT2D eigenvalue weighted by molar-refractivity contribution is -0.300. The highest BCUT2D eigenvalue weighted by atomic mass is 31.2. The molecule has 138 valence electrons. The lowest BCUT2D eigenvalue weighted by atomic mass is 9.78. The van der Waals surface area contributed by atoms with Crippen LogP contribution < -0.4 is 0 Å². The number of aromatic hydroxyl groups is 1. The van der Waals surface area contributed by atoms with Crippen molar-refractivity contribution in [2.75, 3.05) is 12.8 Å².